The van der Waals surface area contributed by atoms with Crippen LogP contribution >= 0.6 is 24.0 Å². The van der Waals surface area contributed by atoms with Crippen molar-refractivity contribution in [3.63, 3.8) is 0 Å². The van der Waals surface area contributed by atoms with E-state index in [2.05, 4.69) is 10.3 Å². The monoisotopic (exact) mass is 453 g/mol. The quantitative estimate of drug-likeness (QED) is 0.331. The molecular weight excluding hydrogens is 431 g/mol. The fraction of sp³-hybridized carbons (Fsp3) is 0.500. The molecule has 0 saturated carbocycles. The van der Waals surface area contributed by atoms with Gasteiger partial charge in [0.25, 0.3) is 0 Å². The van der Waals surface area contributed by atoms with Gasteiger partial charge in [0.2, 0.25) is 0 Å². The van der Waals surface area contributed by atoms with E-state index in [0.29, 0.717) is 31.9 Å². The van der Waals surface area contributed by atoms with Crippen molar-refractivity contribution in [1.82, 2.24) is 10.2 Å². The Labute approximate surface area is 157 Å². The number of guanidine groups is 1. The van der Waals surface area contributed by atoms with E-state index in [9.17, 15) is 13.6 Å². The Morgan fingerprint density at radius 1 is 1.38 bits per heavy atom. The van der Waals surface area contributed by atoms with Gasteiger partial charge in [-0.3, -0.25) is 9.79 Å². The lowest BCUT2D eigenvalue weighted by Gasteiger charge is -2.33. The van der Waals surface area contributed by atoms with Crippen LogP contribution in [0.15, 0.2) is 23.2 Å². The van der Waals surface area contributed by atoms with E-state index in [0.717, 1.165) is 12.1 Å². The minimum absolute atomic E-state index is 0. The maximum Gasteiger partial charge on any atom is 0.308 e. The van der Waals surface area contributed by atoms with Gasteiger partial charge in [0.1, 0.15) is 11.6 Å². The SMILES string of the molecule is CN=C(NCc1cc(F)ccc1F)N1CCC(C(=O)OC)CC1.I. The molecule has 0 bridgehead atoms. The van der Waals surface area contributed by atoms with E-state index < -0.39 is 11.6 Å². The first kappa shape index (κ1) is 20.6. The van der Waals surface area contributed by atoms with Crippen molar-refractivity contribution in [3.8, 4) is 0 Å². The molecule has 1 aromatic rings. The molecule has 1 aliphatic rings. The zero-order valence-corrected chi connectivity index (χ0v) is 16.1. The molecule has 5 nitrogen and oxygen atoms in total. The predicted octanol–water partition coefficient (Wildman–Crippen LogP) is 2.54. The summed E-state index contributed by atoms with van der Waals surface area (Å²) in [5.41, 5.74) is 0.246. The van der Waals surface area contributed by atoms with E-state index in [1.807, 2.05) is 4.90 Å². The number of nitrogens with one attached hydrogen (secondary N) is 1. The first-order valence-electron chi connectivity index (χ1n) is 7.52. The summed E-state index contributed by atoms with van der Waals surface area (Å²) >= 11 is 0. The second-order valence-corrected chi connectivity index (χ2v) is 5.42. The number of carbonyl (C=O) groups excluding carboxylic acids is 1. The summed E-state index contributed by atoms with van der Waals surface area (Å²) in [5, 5.41) is 3.03. The molecule has 1 saturated heterocycles. The number of halogens is 3. The number of methoxy groups -OCH3 is 1. The molecule has 0 aromatic heterocycles. The molecule has 0 atom stereocenters. The number of aliphatic imine (C=N–C) groups is 1. The summed E-state index contributed by atoms with van der Waals surface area (Å²) in [4.78, 5) is 17.7. The van der Waals surface area contributed by atoms with E-state index >= 15 is 0 Å². The average molecular weight is 453 g/mol. The van der Waals surface area contributed by atoms with Gasteiger partial charge in [-0.1, -0.05) is 0 Å². The van der Waals surface area contributed by atoms with Crippen LogP contribution in [0.25, 0.3) is 0 Å². The highest BCUT2D eigenvalue weighted by Gasteiger charge is 2.26. The van der Waals surface area contributed by atoms with Gasteiger partial charge < -0.3 is 15.0 Å². The van der Waals surface area contributed by atoms with E-state index in [1.54, 1.807) is 7.05 Å². The second-order valence-electron chi connectivity index (χ2n) is 5.42. The molecule has 1 heterocycles. The number of hydrogen-bond acceptors (Lipinski definition) is 3. The number of hydrogen-bond donors (Lipinski definition) is 1. The van der Waals surface area contributed by atoms with Crippen LogP contribution in [0.1, 0.15) is 18.4 Å². The van der Waals surface area contributed by atoms with E-state index in [4.69, 9.17) is 4.74 Å². The van der Waals surface area contributed by atoms with Crippen molar-refractivity contribution in [2.24, 2.45) is 10.9 Å². The fourth-order valence-electron chi connectivity index (χ4n) is 2.68. The molecule has 1 fully saturated rings. The van der Waals surface area contributed by atoms with E-state index in [-0.39, 0.29) is 48.0 Å². The lowest BCUT2D eigenvalue weighted by Crippen LogP contribution is -2.46. The van der Waals surface area contributed by atoms with Crippen molar-refractivity contribution in [2.45, 2.75) is 19.4 Å². The van der Waals surface area contributed by atoms with Crippen LogP contribution in [-0.2, 0) is 16.1 Å². The number of piperidine rings is 1. The number of ether oxygens (including phenoxy) is 1. The first-order chi connectivity index (χ1) is 11.0. The zero-order chi connectivity index (χ0) is 16.8. The first-order valence-corrected chi connectivity index (χ1v) is 7.52. The molecule has 0 spiro atoms. The van der Waals surface area contributed by atoms with Crippen molar-refractivity contribution in [3.05, 3.63) is 35.4 Å². The van der Waals surface area contributed by atoms with Gasteiger partial charge in [0, 0.05) is 32.2 Å². The van der Waals surface area contributed by atoms with Crippen molar-refractivity contribution in [1.29, 1.82) is 0 Å². The molecule has 24 heavy (non-hydrogen) atoms. The molecular formula is C16H22F2IN3O2. The van der Waals surface area contributed by atoms with Crippen LogP contribution in [0.4, 0.5) is 8.78 Å². The van der Waals surface area contributed by atoms with Gasteiger partial charge >= 0.3 is 5.97 Å². The molecule has 2 rings (SSSR count). The molecule has 134 valence electrons. The molecule has 1 aromatic carbocycles. The van der Waals surface area contributed by atoms with Crippen molar-refractivity contribution < 1.29 is 18.3 Å². The highest BCUT2D eigenvalue weighted by atomic mass is 127. The molecule has 1 N–H and O–H groups in total. The fourth-order valence-corrected chi connectivity index (χ4v) is 2.68. The Hall–Kier alpha value is -1.45. The Balaban J connectivity index is 0.00000288. The Bertz CT molecular complexity index is 591. The van der Waals surface area contributed by atoms with Gasteiger partial charge in [0.15, 0.2) is 5.96 Å². The average Bonchev–Trinajstić information content (AvgIpc) is 2.58. The number of nitrogens with zero attached hydrogens (tertiary/aromatic N) is 2. The summed E-state index contributed by atoms with van der Waals surface area (Å²) in [5.74, 6) is -0.600. The lowest BCUT2D eigenvalue weighted by atomic mass is 9.97. The van der Waals surface area contributed by atoms with Crippen LogP contribution in [0.5, 0.6) is 0 Å². The summed E-state index contributed by atoms with van der Waals surface area (Å²) in [6.45, 7) is 1.46. The summed E-state index contributed by atoms with van der Waals surface area (Å²) < 4.78 is 31.6. The third-order valence-electron chi connectivity index (χ3n) is 3.99. The molecule has 0 amide bonds. The molecule has 0 unspecified atom stereocenters. The van der Waals surface area contributed by atoms with Gasteiger partial charge in [-0.25, -0.2) is 8.78 Å². The third-order valence-corrected chi connectivity index (χ3v) is 3.99. The van der Waals surface area contributed by atoms with Gasteiger partial charge in [0.05, 0.1) is 13.0 Å². The Kier molecular flexibility index (Phi) is 8.37. The predicted molar refractivity (Wildman–Crippen MR) is 98.3 cm³/mol. The third kappa shape index (κ3) is 5.29. The standard InChI is InChI=1S/C16H21F2N3O2.HI/c1-19-16(20-10-12-9-13(17)3-4-14(12)18)21-7-5-11(6-8-21)15(22)23-2;/h3-4,9,11H,5-8,10H2,1-2H3,(H,19,20);1H. The maximum absolute atomic E-state index is 13.6. The number of esters is 1. The van der Waals surface area contributed by atoms with Crippen molar-refractivity contribution in [2.75, 3.05) is 27.2 Å². The van der Waals surface area contributed by atoms with Gasteiger partial charge in [-0.2, -0.15) is 0 Å². The maximum atomic E-state index is 13.6. The van der Waals surface area contributed by atoms with Gasteiger partial charge in [-0.15, -0.1) is 24.0 Å². The van der Waals surface area contributed by atoms with Crippen LogP contribution in [-0.4, -0.2) is 44.1 Å². The van der Waals surface area contributed by atoms with Crippen LogP contribution in [0, 0.1) is 17.6 Å². The normalized spacial score (nSPS) is 15.7. The molecule has 0 radical (unpaired) electrons. The number of carbonyl (C=O) groups is 1. The number of likely N-dealkylation sites (tertiary alicyclic amines) is 1. The summed E-state index contributed by atoms with van der Waals surface area (Å²) in [6.07, 6.45) is 1.36. The smallest absolute Gasteiger partial charge is 0.308 e. The Morgan fingerprint density at radius 2 is 2.04 bits per heavy atom. The van der Waals surface area contributed by atoms with Crippen LogP contribution in [0.2, 0.25) is 0 Å². The molecule has 8 heteroatoms. The molecule has 1 aliphatic heterocycles. The summed E-state index contributed by atoms with van der Waals surface area (Å²) in [7, 11) is 3.03. The highest BCUT2D eigenvalue weighted by molar-refractivity contribution is 14.0. The van der Waals surface area contributed by atoms with Crippen LogP contribution in [0.3, 0.4) is 0 Å². The zero-order valence-electron chi connectivity index (χ0n) is 13.7. The van der Waals surface area contributed by atoms with Crippen molar-refractivity contribution >= 4 is 35.9 Å². The minimum Gasteiger partial charge on any atom is -0.469 e. The highest BCUT2D eigenvalue weighted by Crippen LogP contribution is 2.18. The number of benzene rings is 1. The minimum atomic E-state index is -0.475. The Morgan fingerprint density at radius 3 is 2.62 bits per heavy atom. The largest absolute Gasteiger partial charge is 0.469 e. The molecule has 0 aliphatic carbocycles. The summed E-state index contributed by atoms with van der Waals surface area (Å²) in [6, 6.07) is 3.36. The topological polar surface area (TPSA) is 53.9 Å². The lowest BCUT2D eigenvalue weighted by molar-refractivity contribution is -0.146. The second kappa shape index (κ2) is 9.75. The van der Waals surface area contributed by atoms with Gasteiger partial charge in [-0.05, 0) is 31.0 Å². The van der Waals surface area contributed by atoms with Crippen LogP contribution < -0.4 is 5.32 Å². The van der Waals surface area contributed by atoms with E-state index in [1.165, 1.54) is 13.2 Å². The number of rotatable bonds is 3.